The maximum absolute atomic E-state index is 4.02. The fourth-order valence-electron chi connectivity index (χ4n) is 8.17. The van der Waals surface area contributed by atoms with Crippen molar-refractivity contribution in [1.29, 1.82) is 0 Å². The molecule has 5 unspecified atom stereocenters. The van der Waals surface area contributed by atoms with Crippen LogP contribution in [0.4, 0.5) is 0 Å². The zero-order valence-corrected chi connectivity index (χ0v) is 26.3. The van der Waals surface area contributed by atoms with E-state index in [4.69, 9.17) is 0 Å². The zero-order chi connectivity index (χ0) is 27.7. The molecule has 4 aliphatic carbocycles. The standard InChI is InChI=1S/C36H48N2Si/c1-35(2,3)25-20-24(21-26(22-25)36(4,5)6)27-18-13-19-32-33(27)37-23-38(32)39(7,8)34-30-16-11-9-14-28(30)29-15-10-12-17-31(29)34/h9-22,28-34,37H,23H2,1-8H3/t28?,29?,30?,31?,32-,33?,34?/m1/s1. The molecule has 0 bridgehead atoms. The highest BCUT2D eigenvalue weighted by Crippen LogP contribution is 2.59. The van der Waals surface area contributed by atoms with E-state index in [1.807, 2.05) is 0 Å². The summed E-state index contributed by atoms with van der Waals surface area (Å²) in [4.78, 5) is 0. The van der Waals surface area contributed by atoms with Crippen LogP contribution in [0.3, 0.4) is 0 Å². The van der Waals surface area contributed by atoms with Crippen LogP contribution in [0.2, 0.25) is 18.6 Å². The minimum absolute atomic E-state index is 0.115. The first-order chi connectivity index (χ1) is 18.4. The van der Waals surface area contributed by atoms with Gasteiger partial charge in [0, 0.05) is 12.7 Å². The van der Waals surface area contributed by atoms with Crippen molar-refractivity contribution in [2.45, 2.75) is 83.1 Å². The van der Waals surface area contributed by atoms with Gasteiger partial charge in [0.25, 0.3) is 0 Å². The van der Waals surface area contributed by atoms with Gasteiger partial charge in [-0.05, 0) is 62.3 Å². The van der Waals surface area contributed by atoms with Crippen molar-refractivity contribution in [2.75, 3.05) is 6.67 Å². The maximum atomic E-state index is 4.02. The maximum Gasteiger partial charge on any atom is 0.128 e. The minimum atomic E-state index is -1.85. The molecule has 39 heavy (non-hydrogen) atoms. The van der Waals surface area contributed by atoms with Crippen molar-refractivity contribution in [3.63, 3.8) is 0 Å². The molecular weight excluding hydrogens is 488 g/mol. The van der Waals surface area contributed by atoms with E-state index in [2.05, 4.69) is 150 Å². The van der Waals surface area contributed by atoms with E-state index in [0.29, 0.717) is 41.3 Å². The number of allylic oxidation sites excluding steroid dienone is 10. The second kappa shape index (κ2) is 9.43. The third-order valence-corrected chi connectivity index (χ3v) is 14.7. The largest absolute Gasteiger partial charge is 0.304 e. The first kappa shape index (κ1) is 27.0. The summed E-state index contributed by atoms with van der Waals surface area (Å²) in [5.74, 6) is 2.55. The number of rotatable bonds is 3. The predicted molar refractivity (Wildman–Crippen MR) is 170 cm³/mol. The number of hydrogen-bond donors (Lipinski definition) is 1. The molecule has 6 atom stereocenters. The van der Waals surface area contributed by atoms with Gasteiger partial charge in [0.15, 0.2) is 0 Å². The van der Waals surface area contributed by atoms with Crippen LogP contribution in [0.1, 0.15) is 58.2 Å². The van der Waals surface area contributed by atoms with Crippen molar-refractivity contribution in [1.82, 2.24) is 9.88 Å². The van der Waals surface area contributed by atoms with Gasteiger partial charge >= 0.3 is 0 Å². The summed E-state index contributed by atoms with van der Waals surface area (Å²) in [5, 5.41) is 4.02. The number of nitrogens with zero attached hydrogens (tertiary/aromatic N) is 1. The highest BCUT2D eigenvalue weighted by molar-refractivity contribution is 6.76. The van der Waals surface area contributed by atoms with Gasteiger partial charge in [-0.15, -0.1) is 0 Å². The summed E-state index contributed by atoms with van der Waals surface area (Å²) in [6.45, 7) is 20.3. The molecule has 6 rings (SSSR count). The number of benzene rings is 1. The molecule has 1 heterocycles. The molecule has 0 spiro atoms. The van der Waals surface area contributed by atoms with E-state index in [9.17, 15) is 0 Å². The van der Waals surface area contributed by atoms with Gasteiger partial charge in [0.1, 0.15) is 8.24 Å². The second-order valence-electron chi connectivity index (χ2n) is 15.1. The average Bonchev–Trinajstić information content (AvgIpc) is 3.48. The van der Waals surface area contributed by atoms with Crippen LogP contribution >= 0.6 is 0 Å². The van der Waals surface area contributed by atoms with Gasteiger partial charge in [-0.1, -0.05) is 140 Å². The van der Waals surface area contributed by atoms with Crippen molar-refractivity contribution in [2.24, 2.45) is 23.7 Å². The highest BCUT2D eigenvalue weighted by Gasteiger charge is 2.57. The molecule has 0 aromatic heterocycles. The van der Waals surface area contributed by atoms with Crippen molar-refractivity contribution < 1.29 is 0 Å². The average molecular weight is 537 g/mol. The SMILES string of the molecule is CC(C)(C)c1cc(C2=CC=C[C@@H]3C2NCN3[Si](C)(C)C2C3C=CC=CC3C3C=CC=CC32)cc(C(C)(C)C)c1. The third kappa shape index (κ3) is 4.55. The molecule has 1 aromatic rings. The molecule has 2 nitrogen and oxygen atoms in total. The van der Waals surface area contributed by atoms with E-state index >= 15 is 0 Å². The van der Waals surface area contributed by atoms with Crippen LogP contribution in [0, 0.1) is 23.7 Å². The summed E-state index contributed by atoms with van der Waals surface area (Å²) in [7, 11) is -1.85. The Hall–Kier alpha value is -2.20. The Kier molecular flexibility index (Phi) is 6.53. The first-order valence-corrected chi connectivity index (χ1v) is 18.1. The second-order valence-corrected chi connectivity index (χ2v) is 19.7. The first-order valence-electron chi connectivity index (χ1n) is 15.1. The van der Waals surface area contributed by atoms with Gasteiger partial charge in [-0.2, -0.15) is 0 Å². The predicted octanol–water partition coefficient (Wildman–Crippen LogP) is 8.14. The Morgan fingerprint density at radius 3 is 1.72 bits per heavy atom. The fraction of sp³-hybridized carbons (Fsp3) is 0.500. The van der Waals surface area contributed by atoms with Crippen LogP contribution in [0.5, 0.6) is 0 Å². The van der Waals surface area contributed by atoms with Crippen LogP contribution in [0.15, 0.2) is 85.0 Å². The van der Waals surface area contributed by atoms with Crippen LogP contribution in [0.25, 0.3) is 5.57 Å². The Morgan fingerprint density at radius 1 is 0.692 bits per heavy atom. The van der Waals surface area contributed by atoms with Crippen molar-refractivity contribution >= 4 is 13.8 Å². The summed E-state index contributed by atoms with van der Waals surface area (Å²) in [6, 6.07) is 8.12. The van der Waals surface area contributed by atoms with Crippen molar-refractivity contribution in [3.8, 4) is 0 Å². The van der Waals surface area contributed by atoms with Gasteiger partial charge < -0.3 is 4.57 Å². The van der Waals surface area contributed by atoms with E-state index in [-0.39, 0.29) is 10.8 Å². The molecule has 1 saturated heterocycles. The van der Waals surface area contributed by atoms with Crippen LogP contribution in [-0.4, -0.2) is 31.6 Å². The zero-order valence-electron chi connectivity index (χ0n) is 25.3. The summed E-state index contributed by atoms with van der Waals surface area (Å²) in [5.41, 5.74) is 6.64. The lowest BCUT2D eigenvalue weighted by atomic mass is 9.77. The molecule has 0 radical (unpaired) electrons. The normalized spacial score (nSPS) is 33.7. The molecule has 1 N–H and O–H groups in total. The van der Waals surface area contributed by atoms with Gasteiger partial charge in [0.2, 0.25) is 0 Å². The molecule has 2 fully saturated rings. The molecule has 1 aliphatic heterocycles. The van der Waals surface area contributed by atoms with E-state index in [1.165, 1.54) is 22.3 Å². The lowest BCUT2D eigenvalue weighted by molar-refractivity contribution is 0.409. The topological polar surface area (TPSA) is 15.3 Å². The number of hydrogen-bond acceptors (Lipinski definition) is 2. The third-order valence-electron chi connectivity index (χ3n) is 10.4. The molecule has 3 heteroatoms. The van der Waals surface area contributed by atoms with Gasteiger partial charge in [0.05, 0.1) is 6.04 Å². The Morgan fingerprint density at radius 2 is 1.21 bits per heavy atom. The van der Waals surface area contributed by atoms with E-state index in [1.54, 1.807) is 0 Å². The molecule has 0 amide bonds. The lowest BCUT2D eigenvalue weighted by Crippen LogP contribution is -2.57. The summed E-state index contributed by atoms with van der Waals surface area (Å²) >= 11 is 0. The molecule has 1 saturated carbocycles. The Bertz CT molecular complexity index is 1240. The number of fused-ring (bicyclic) bond motifs is 4. The Balaban J connectivity index is 1.34. The molecule has 206 valence electrons. The van der Waals surface area contributed by atoms with Gasteiger partial charge in [-0.3, -0.25) is 5.32 Å². The summed E-state index contributed by atoms with van der Waals surface area (Å²) in [6.07, 6.45) is 26.5. The highest BCUT2D eigenvalue weighted by atomic mass is 28.3. The molecular formula is C36H48N2Si. The van der Waals surface area contributed by atoms with Crippen LogP contribution in [-0.2, 0) is 10.8 Å². The quantitative estimate of drug-likeness (QED) is 0.392. The number of nitrogens with one attached hydrogen (secondary N) is 1. The lowest BCUT2D eigenvalue weighted by Gasteiger charge is -2.46. The Labute approximate surface area is 238 Å². The smallest absolute Gasteiger partial charge is 0.128 e. The monoisotopic (exact) mass is 536 g/mol. The summed E-state index contributed by atoms with van der Waals surface area (Å²) < 4.78 is 2.92. The van der Waals surface area contributed by atoms with E-state index < -0.39 is 8.24 Å². The van der Waals surface area contributed by atoms with E-state index in [0.717, 1.165) is 6.67 Å². The molecule has 1 aromatic carbocycles. The van der Waals surface area contributed by atoms with Crippen LogP contribution < -0.4 is 5.32 Å². The fourth-order valence-corrected chi connectivity index (χ4v) is 12.6. The minimum Gasteiger partial charge on any atom is -0.304 e. The molecule has 5 aliphatic rings. The van der Waals surface area contributed by atoms with Gasteiger partial charge in [-0.25, -0.2) is 0 Å². The van der Waals surface area contributed by atoms with Crippen molar-refractivity contribution in [3.05, 3.63) is 102 Å².